The van der Waals surface area contributed by atoms with Crippen LogP contribution >= 0.6 is 0 Å². The maximum atomic E-state index is 13.2. The summed E-state index contributed by atoms with van der Waals surface area (Å²) in [5, 5.41) is 2.51. The first-order valence-corrected chi connectivity index (χ1v) is 10.4. The van der Waals surface area contributed by atoms with E-state index in [1.807, 2.05) is 11.6 Å². The van der Waals surface area contributed by atoms with Crippen LogP contribution < -0.4 is 11.2 Å². The maximum absolute atomic E-state index is 13.2. The van der Waals surface area contributed by atoms with Crippen molar-refractivity contribution in [3.05, 3.63) is 92.8 Å². The molecule has 4 heteroatoms. The van der Waals surface area contributed by atoms with Crippen LogP contribution in [0.4, 0.5) is 5.69 Å². The number of aromatic nitrogens is 2. The molecule has 0 fully saturated rings. The first-order chi connectivity index (χ1) is 14.4. The Balaban J connectivity index is 1.80. The van der Waals surface area contributed by atoms with Crippen molar-refractivity contribution in [2.24, 2.45) is 12.0 Å². The zero-order chi connectivity index (χ0) is 21.0. The molecule has 5 rings (SSSR count). The lowest BCUT2D eigenvalue weighted by Crippen LogP contribution is -2.40. The number of aryl methyl sites for hydroxylation is 4. The SMILES string of the molecule is Cc1cc(C)c(N=c2cc3n(c(=O)n2C)CCc2c-3ccc3ccccc23)c(C)c1. The lowest BCUT2D eigenvalue weighted by atomic mass is 9.92. The van der Waals surface area contributed by atoms with Gasteiger partial charge in [0, 0.05) is 25.2 Å². The van der Waals surface area contributed by atoms with Crippen LogP contribution in [0.5, 0.6) is 0 Å². The van der Waals surface area contributed by atoms with Gasteiger partial charge in [0.2, 0.25) is 0 Å². The molecule has 0 saturated heterocycles. The third-order valence-corrected chi connectivity index (χ3v) is 6.18. The van der Waals surface area contributed by atoms with Crippen molar-refractivity contribution in [1.82, 2.24) is 9.13 Å². The number of benzene rings is 3. The fraction of sp³-hybridized carbons (Fsp3) is 0.231. The normalized spacial score (nSPS) is 13.4. The molecule has 1 aromatic heterocycles. The van der Waals surface area contributed by atoms with Crippen molar-refractivity contribution >= 4 is 16.5 Å². The van der Waals surface area contributed by atoms with E-state index in [0.29, 0.717) is 12.0 Å². The minimum Gasteiger partial charge on any atom is -0.293 e. The Morgan fingerprint density at radius 1 is 0.933 bits per heavy atom. The Morgan fingerprint density at radius 3 is 2.43 bits per heavy atom. The van der Waals surface area contributed by atoms with Crippen molar-refractivity contribution in [1.29, 1.82) is 0 Å². The molecule has 0 radical (unpaired) electrons. The Bertz CT molecular complexity index is 1430. The largest absolute Gasteiger partial charge is 0.329 e. The van der Waals surface area contributed by atoms with Gasteiger partial charge in [0.1, 0.15) is 5.49 Å². The quantitative estimate of drug-likeness (QED) is 0.460. The Labute approximate surface area is 175 Å². The van der Waals surface area contributed by atoms with Crippen LogP contribution in [-0.4, -0.2) is 9.13 Å². The molecule has 2 heterocycles. The monoisotopic (exact) mass is 395 g/mol. The zero-order valence-electron chi connectivity index (χ0n) is 17.9. The van der Waals surface area contributed by atoms with Crippen molar-refractivity contribution in [3.63, 3.8) is 0 Å². The molecule has 0 bridgehead atoms. The molecule has 0 atom stereocenters. The zero-order valence-corrected chi connectivity index (χ0v) is 17.9. The Hall–Kier alpha value is -3.40. The van der Waals surface area contributed by atoms with Gasteiger partial charge in [-0.1, -0.05) is 54.1 Å². The fourth-order valence-corrected chi connectivity index (χ4v) is 4.76. The fourth-order valence-electron chi connectivity index (χ4n) is 4.76. The standard InChI is InChI=1S/C26H25N3O/c1-16-13-17(2)25(18(3)14-16)27-24-15-23-22-10-9-19-7-5-6-8-20(19)21(22)11-12-29(23)26(30)28(24)4/h5-10,13-15H,11-12H2,1-4H3. The predicted molar refractivity (Wildman–Crippen MR) is 122 cm³/mol. The van der Waals surface area contributed by atoms with Crippen molar-refractivity contribution in [3.8, 4) is 11.3 Å². The lowest BCUT2D eigenvalue weighted by molar-refractivity contribution is 0.591. The highest BCUT2D eigenvalue weighted by molar-refractivity contribution is 5.91. The molecule has 0 N–H and O–H groups in total. The second-order valence-corrected chi connectivity index (χ2v) is 8.30. The van der Waals surface area contributed by atoms with Crippen LogP contribution in [0.15, 0.2) is 64.4 Å². The van der Waals surface area contributed by atoms with Gasteiger partial charge in [-0.2, -0.15) is 0 Å². The van der Waals surface area contributed by atoms with Crippen molar-refractivity contribution in [2.45, 2.75) is 33.7 Å². The van der Waals surface area contributed by atoms with Crippen LogP contribution in [0.1, 0.15) is 22.3 Å². The predicted octanol–water partition coefficient (Wildman–Crippen LogP) is 4.72. The smallest absolute Gasteiger partial charge is 0.293 e. The second-order valence-electron chi connectivity index (χ2n) is 8.30. The molecule has 0 aliphatic carbocycles. The molecule has 4 nitrogen and oxygen atoms in total. The summed E-state index contributed by atoms with van der Waals surface area (Å²) in [5.41, 5.74) is 8.46. The van der Waals surface area contributed by atoms with Gasteiger partial charge in [-0.3, -0.25) is 9.13 Å². The van der Waals surface area contributed by atoms with Gasteiger partial charge in [-0.05, 0) is 54.7 Å². The van der Waals surface area contributed by atoms with E-state index in [9.17, 15) is 4.79 Å². The molecule has 0 saturated carbocycles. The van der Waals surface area contributed by atoms with Crippen molar-refractivity contribution in [2.75, 3.05) is 0 Å². The maximum Gasteiger partial charge on any atom is 0.329 e. The molecule has 0 unspecified atom stereocenters. The van der Waals surface area contributed by atoms with E-state index in [1.165, 1.54) is 21.9 Å². The van der Waals surface area contributed by atoms with E-state index in [2.05, 4.69) is 75.4 Å². The lowest BCUT2D eigenvalue weighted by Gasteiger charge is -2.24. The van der Waals surface area contributed by atoms with Gasteiger partial charge >= 0.3 is 5.69 Å². The summed E-state index contributed by atoms with van der Waals surface area (Å²) in [4.78, 5) is 18.1. The molecule has 3 aromatic carbocycles. The molecular formula is C26H25N3O. The third-order valence-electron chi connectivity index (χ3n) is 6.18. The average Bonchev–Trinajstić information content (AvgIpc) is 2.73. The van der Waals surface area contributed by atoms with Gasteiger partial charge in [-0.15, -0.1) is 0 Å². The summed E-state index contributed by atoms with van der Waals surface area (Å²) in [6.45, 7) is 6.93. The topological polar surface area (TPSA) is 39.3 Å². The van der Waals surface area contributed by atoms with Crippen LogP contribution in [0, 0.1) is 20.8 Å². The van der Waals surface area contributed by atoms with E-state index in [0.717, 1.165) is 34.5 Å². The summed E-state index contributed by atoms with van der Waals surface area (Å²) < 4.78 is 3.54. The van der Waals surface area contributed by atoms with Crippen LogP contribution in [0.3, 0.4) is 0 Å². The van der Waals surface area contributed by atoms with E-state index in [4.69, 9.17) is 4.99 Å². The minimum absolute atomic E-state index is 0.0209. The highest BCUT2D eigenvalue weighted by Gasteiger charge is 2.20. The van der Waals surface area contributed by atoms with Gasteiger partial charge in [-0.25, -0.2) is 9.79 Å². The molecule has 150 valence electrons. The third kappa shape index (κ3) is 2.83. The molecule has 0 spiro atoms. The Morgan fingerprint density at radius 2 is 1.67 bits per heavy atom. The van der Waals surface area contributed by atoms with E-state index >= 15 is 0 Å². The Kier molecular flexibility index (Phi) is 4.24. The number of fused-ring (bicyclic) bond motifs is 5. The molecule has 4 aromatic rings. The second kappa shape index (κ2) is 6.84. The van der Waals surface area contributed by atoms with Gasteiger partial charge in [0.05, 0.1) is 11.4 Å². The minimum atomic E-state index is -0.0209. The first-order valence-electron chi connectivity index (χ1n) is 10.4. The molecule has 30 heavy (non-hydrogen) atoms. The summed E-state index contributed by atoms with van der Waals surface area (Å²) in [6.07, 6.45) is 0.857. The van der Waals surface area contributed by atoms with E-state index in [-0.39, 0.29) is 5.69 Å². The van der Waals surface area contributed by atoms with E-state index < -0.39 is 0 Å². The van der Waals surface area contributed by atoms with Crippen molar-refractivity contribution < 1.29 is 0 Å². The molecular weight excluding hydrogens is 370 g/mol. The van der Waals surface area contributed by atoms with Gasteiger partial charge in [0.25, 0.3) is 0 Å². The highest BCUT2D eigenvalue weighted by atomic mass is 16.1. The summed E-state index contributed by atoms with van der Waals surface area (Å²) >= 11 is 0. The van der Waals surface area contributed by atoms with E-state index in [1.54, 1.807) is 4.57 Å². The highest BCUT2D eigenvalue weighted by Crippen LogP contribution is 2.33. The molecule has 0 amide bonds. The van der Waals surface area contributed by atoms with Crippen LogP contribution in [-0.2, 0) is 20.0 Å². The molecule has 1 aliphatic rings. The number of nitrogens with zero attached hydrogens (tertiary/aromatic N) is 3. The van der Waals surface area contributed by atoms with Gasteiger partial charge in [0.15, 0.2) is 0 Å². The van der Waals surface area contributed by atoms with Crippen LogP contribution in [0.25, 0.3) is 22.0 Å². The summed E-state index contributed by atoms with van der Waals surface area (Å²) in [6, 6.07) is 19.1. The van der Waals surface area contributed by atoms with Gasteiger partial charge < -0.3 is 0 Å². The number of hydrogen-bond donors (Lipinski definition) is 0. The van der Waals surface area contributed by atoms with Crippen LogP contribution in [0.2, 0.25) is 0 Å². The summed E-state index contributed by atoms with van der Waals surface area (Å²) in [5.74, 6) is 0. The summed E-state index contributed by atoms with van der Waals surface area (Å²) in [7, 11) is 1.81. The first kappa shape index (κ1) is 18.6. The average molecular weight is 396 g/mol. The number of rotatable bonds is 1. The molecule has 1 aliphatic heterocycles. The number of hydrogen-bond acceptors (Lipinski definition) is 2.